The van der Waals surface area contributed by atoms with Gasteiger partial charge in [0.05, 0.1) is 10.7 Å². The summed E-state index contributed by atoms with van der Waals surface area (Å²) in [6.45, 7) is 3.50. The van der Waals surface area contributed by atoms with Gasteiger partial charge in [-0.1, -0.05) is 30.3 Å². The third-order valence-electron chi connectivity index (χ3n) is 3.04. The van der Waals surface area contributed by atoms with Crippen LogP contribution in [0.25, 0.3) is 0 Å². The van der Waals surface area contributed by atoms with E-state index in [1.165, 1.54) is 16.9 Å². The van der Waals surface area contributed by atoms with E-state index in [4.69, 9.17) is 5.11 Å². The van der Waals surface area contributed by atoms with E-state index >= 15 is 0 Å². The van der Waals surface area contributed by atoms with Crippen LogP contribution in [0.1, 0.15) is 25.9 Å². The molecular weight excluding hydrogens is 272 g/mol. The van der Waals surface area contributed by atoms with Gasteiger partial charge in [0.25, 0.3) is 0 Å². The molecule has 1 N–H and O–H groups in total. The fourth-order valence-electron chi connectivity index (χ4n) is 2.02. The zero-order chi connectivity index (χ0) is 14.5. The van der Waals surface area contributed by atoms with Gasteiger partial charge in [0.15, 0.2) is 0 Å². The Morgan fingerprint density at radius 3 is 2.65 bits per heavy atom. The number of likely N-dealkylation sites (N-methyl/N-ethyl adjacent to an activating group) is 1. The maximum Gasteiger partial charge on any atom is 0.347 e. The van der Waals surface area contributed by atoms with Crippen molar-refractivity contribution in [1.29, 1.82) is 0 Å². The second kappa shape index (κ2) is 6.63. The summed E-state index contributed by atoms with van der Waals surface area (Å²) in [5.74, 6) is -0.885. The van der Waals surface area contributed by atoms with E-state index in [0.29, 0.717) is 10.6 Å². The minimum atomic E-state index is -0.885. The molecule has 0 aliphatic heterocycles. The predicted octanol–water partition coefficient (Wildman–Crippen LogP) is 2.82. The van der Waals surface area contributed by atoms with Crippen LogP contribution < -0.4 is 0 Å². The summed E-state index contributed by atoms with van der Waals surface area (Å²) in [6, 6.07) is 10.3. The minimum absolute atomic E-state index is 0.353. The molecule has 0 amide bonds. The Morgan fingerprint density at radius 1 is 1.35 bits per heavy atom. The number of rotatable bonds is 6. The molecule has 106 valence electrons. The predicted molar refractivity (Wildman–Crippen MR) is 80.3 cm³/mol. The first-order valence-corrected chi connectivity index (χ1v) is 7.30. The van der Waals surface area contributed by atoms with Gasteiger partial charge in [0.1, 0.15) is 4.88 Å². The van der Waals surface area contributed by atoms with Crippen molar-refractivity contribution in [2.45, 2.75) is 19.9 Å². The maximum absolute atomic E-state index is 11.0. The molecule has 0 fully saturated rings. The Kier molecular flexibility index (Phi) is 4.87. The number of hydrogen-bond acceptors (Lipinski definition) is 4. The van der Waals surface area contributed by atoms with Crippen LogP contribution in [0.15, 0.2) is 30.3 Å². The van der Waals surface area contributed by atoms with Crippen molar-refractivity contribution in [2.75, 3.05) is 13.6 Å². The maximum atomic E-state index is 11.0. The van der Waals surface area contributed by atoms with E-state index in [0.717, 1.165) is 24.5 Å². The molecule has 2 rings (SSSR count). The lowest BCUT2D eigenvalue weighted by atomic mass is 10.2. The van der Waals surface area contributed by atoms with Crippen LogP contribution in [-0.4, -0.2) is 34.6 Å². The zero-order valence-corrected chi connectivity index (χ0v) is 12.5. The standard InChI is InChI=1S/C15H18N2O2S/c1-11-14(15(18)19)20-13(16-11)8-9-17(2)10-12-6-4-3-5-7-12/h3-7H,8-10H2,1-2H3,(H,18,19). The first-order valence-electron chi connectivity index (χ1n) is 6.48. The largest absolute Gasteiger partial charge is 0.477 e. The average molecular weight is 290 g/mol. The Morgan fingerprint density at radius 2 is 2.05 bits per heavy atom. The summed E-state index contributed by atoms with van der Waals surface area (Å²) >= 11 is 1.28. The summed E-state index contributed by atoms with van der Waals surface area (Å²) in [7, 11) is 2.06. The highest BCUT2D eigenvalue weighted by molar-refractivity contribution is 7.13. The van der Waals surface area contributed by atoms with E-state index in [1.54, 1.807) is 6.92 Å². The topological polar surface area (TPSA) is 53.4 Å². The first-order chi connectivity index (χ1) is 9.56. The van der Waals surface area contributed by atoms with Gasteiger partial charge >= 0.3 is 5.97 Å². The number of aryl methyl sites for hydroxylation is 1. The lowest BCUT2D eigenvalue weighted by molar-refractivity contribution is 0.0701. The molecule has 0 radical (unpaired) electrons. The van der Waals surface area contributed by atoms with Crippen LogP contribution in [0.3, 0.4) is 0 Å². The SMILES string of the molecule is Cc1nc(CCN(C)Cc2ccccc2)sc1C(=O)O. The lowest BCUT2D eigenvalue weighted by Crippen LogP contribution is -2.20. The molecule has 0 unspecified atom stereocenters. The van der Waals surface area contributed by atoms with Crippen LogP contribution in [0.5, 0.6) is 0 Å². The van der Waals surface area contributed by atoms with Crippen LogP contribution in [0.4, 0.5) is 0 Å². The highest BCUT2D eigenvalue weighted by atomic mass is 32.1. The third kappa shape index (κ3) is 3.88. The molecule has 0 spiro atoms. The highest BCUT2D eigenvalue weighted by Gasteiger charge is 2.14. The third-order valence-corrected chi connectivity index (χ3v) is 4.24. The Balaban J connectivity index is 1.89. The quantitative estimate of drug-likeness (QED) is 0.889. The average Bonchev–Trinajstić information content (AvgIpc) is 2.79. The number of aromatic carboxylic acids is 1. The number of carboxylic acids is 1. The van der Waals surface area contributed by atoms with Gasteiger partial charge in [-0.25, -0.2) is 9.78 Å². The Bertz CT molecular complexity index is 581. The van der Waals surface area contributed by atoms with Crippen molar-refractivity contribution in [2.24, 2.45) is 0 Å². The molecule has 4 nitrogen and oxygen atoms in total. The number of benzene rings is 1. The molecule has 1 aromatic heterocycles. The highest BCUT2D eigenvalue weighted by Crippen LogP contribution is 2.18. The molecule has 0 saturated carbocycles. The van der Waals surface area contributed by atoms with Crippen molar-refractivity contribution < 1.29 is 9.90 Å². The lowest BCUT2D eigenvalue weighted by Gasteiger charge is -2.15. The van der Waals surface area contributed by atoms with Crippen LogP contribution in [0.2, 0.25) is 0 Å². The fourth-order valence-corrected chi connectivity index (χ4v) is 2.91. The molecule has 5 heteroatoms. The molecule has 0 saturated heterocycles. The molecule has 1 aromatic carbocycles. The summed E-state index contributed by atoms with van der Waals surface area (Å²) in [4.78, 5) is 17.9. The van der Waals surface area contributed by atoms with E-state index in [1.807, 2.05) is 18.2 Å². The second-order valence-corrected chi connectivity index (χ2v) is 5.88. The number of hydrogen-bond donors (Lipinski definition) is 1. The van der Waals surface area contributed by atoms with Crippen molar-refractivity contribution >= 4 is 17.3 Å². The number of thiazole rings is 1. The number of carboxylic acid groups (broad SMARTS) is 1. The number of nitrogens with zero attached hydrogens (tertiary/aromatic N) is 2. The van der Waals surface area contributed by atoms with Gasteiger partial charge in [0, 0.05) is 19.5 Å². The summed E-state index contributed by atoms with van der Waals surface area (Å²) in [5.41, 5.74) is 1.89. The number of aromatic nitrogens is 1. The van der Waals surface area contributed by atoms with Crippen molar-refractivity contribution in [3.8, 4) is 0 Å². The fraction of sp³-hybridized carbons (Fsp3) is 0.333. The van der Waals surface area contributed by atoms with Gasteiger partial charge in [-0.05, 0) is 19.5 Å². The van der Waals surface area contributed by atoms with Crippen LogP contribution in [-0.2, 0) is 13.0 Å². The summed E-state index contributed by atoms with van der Waals surface area (Å²) < 4.78 is 0. The smallest absolute Gasteiger partial charge is 0.347 e. The molecule has 0 aliphatic rings. The van der Waals surface area contributed by atoms with E-state index in [2.05, 4.69) is 29.1 Å². The Hall–Kier alpha value is -1.72. The zero-order valence-electron chi connectivity index (χ0n) is 11.7. The molecule has 0 atom stereocenters. The number of carbonyl (C=O) groups is 1. The van der Waals surface area contributed by atoms with Gasteiger partial charge in [-0.2, -0.15) is 0 Å². The van der Waals surface area contributed by atoms with Gasteiger partial charge in [-0.15, -0.1) is 11.3 Å². The minimum Gasteiger partial charge on any atom is -0.477 e. The molecule has 20 heavy (non-hydrogen) atoms. The van der Waals surface area contributed by atoms with E-state index in [9.17, 15) is 4.79 Å². The van der Waals surface area contributed by atoms with Crippen molar-refractivity contribution in [3.63, 3.8) is 0 Å². The van der Waals surface area contributed by atoms with E-state index < -0.39 is 5.97 Å². The van der Waals surface area contributed by atoms with Crippen molar-refractivity contribution in [3.05, 3.63) is 51.5 Å². The van der Waals surface area contributed by atoms with Crippen molar-refractivity contribution in [1.82, 2.24) is 9.88 Å². The van der Waals surface area contributed by atoms with Gasteiger partial charge in [-0.3, -0.25) is 0 Å². The van der Waals surface area contributed by atoms with Crippen LogP contribution >= 0.6 is 11.3 Å². The molecule has 1 heterocycles. The molecule has 2 aromatic rings. The van der Waals surface area contributed by atoms with Crippen LogP contribution in [0, 0.1) is 6.92 Å². The summed E-state index contributed by atoms with van der Waals surface area (Å²) in [5, 5.41) is 9.90. The second-order valence-electron chi connectivity index (χ2n) is 4.80. The van der Waals surface area contributed by atoms with E-state index in [-0.39, 0.29) is 0 Å². The molecule has 0 aliphatic carbocycles. The Labute approximate surface area is 122 Å². The monoisotopic (exact) mass is 290 g/mol. The molecule has 0 bridgehead atoms. The molecular formula is C15H18N2O2S. The van der Waals surface area contributed by atoms with Gasteiger partial charge < -0.3 is 10.0 Å². The van der Waals surface area contributed by atoms with Gasteiger partial charge in [0.2, 0.25) is 0 Å². The first kappa shape index (κ1) is 14.7. The normalized spacial score (nSPS) is 10.9. The summed E-state index contributed by atoms with van der Waals surface area (Å²) in [6.07, 6.45) is 0.780.